The smallest absolute Gasteiger partial charge is 0.259 e. The lowest BCUT2D eigenvalue weighted by Gasteiger charge is -2.20. The van der Waals surface area contributed by atoms with Crippen LogP contribution in [0.3, 0.4) is 0 Å². The Bertz CT molecular complexity index is 467. The van der Waals surface area contributed by atoms with Crippen molar-refractivity contribution in [2.45, 2.75) is 12.5 Å². The number of nitrogens with one attached hydrogen (secondary N) is 1. The summed E-state index contributed by atoms with van der Waals surface area (Å²) in [6.45, 7) is 1.41. The van der Waals surface area contributed by atoms with Gasteiger partial charge in [0.25, 0.3) is 5.91 Å². The van der Waals surface area contributed by atoms with Gasteiger partial charge in [-0.25, -0.2) is 0 Å². The Morgan fingerprint density at radius 2 is 2.29 bits per heavy atom. The van der Waals surface area contributed by atoms with Crippen molar-refractivity contribution in [1.82, 2.24) is 14.8 Å². The maximum absolute atomic E-state index is 12.1. The van der Waals surface area contributed by atoms with Crippen LogP contribution in [0, 0.1) is 0 Å². The van der Waals surface area contributed by atoms with Gasteiger partial charge in [-0.05, 0) is 20.5 Å². The second-order valence-electron chi connectivity index (χ2n) is 4.58. The Balaban J connectivity index is 2.13. The summed E-state index contributed by atoms with van der Waals surface area (Å²) < 4.78 is 0. The van der Waals surface area contributed by atoms with Crippen molar-refractivity contribution in [3.05, 3.63) is 34.2 Å². The van der Waals surface area contributed by atoms with Gasteiger partial charge < -0.3 is 14.8 Å². The van der Waals surface area contributed by atoms with Crippen molar-refractivity contribution in [1.29, 1.82) is 0 Å². The number of carbonyl (C=O) groups is 1. The summed E-state index contributed by atoms with van der Waals surface area (Å²) in [4.78, 5) is 30.3. The molecule has 1 amide bonds. The van der Waals surface area contributed by atoms with Crippen molar-refractivity contribution in [2.24, 2.45) is 0 Å². The Morgan fingerprint density at radius 1 is 1.53 bits per heavy atom. The van der Waals surface area contributed by atoms with Gasteiger partial charge in [0.1, 0.15) is 5.56 Å². The summed E-state index contributed by atoms with van der Waals surface area (Å²) in [7, 11) is 4.02. The second-order valence-corrected chi connectivity index (χ2v) is 4.58. The van der Waals surface area contributed by atoms with E-state index in [0.29, 0.717) is 12.6 Å². The lowest BCUT2D eigenvalue weighted by atomic mass is 10.2. The third-order valence-electron chi connectivity index (χ3n) is 3.24. The zero-order valence-corrected chi connectivity index (χ0v) is 10.1. The Hall–Kier alpha value is -1.62. The van der Waals surface area contributed by atoms with Gasteiger partial charge >= 0.3 is 0 Å². The maximum atomic E-state index is 12.1. The largest absolute Gasteiger partial charge is 0.367 e. The first-order chi connectivity index (χ1) is 8.09. The number of hydrogen-bond donors (Lipinski definition) is 1. The van der Waals surface area contributed by atoms with Crippen molar-refractivity contribution in [3.63, 3.8) is 0 Å². The molecule has 5 nitrogen and oxygen atoms in total. The van der Waals surface area contributed by atoms with E-state index in [1.807, 2.05) is 14.1 Å². The molecule has 17 heavy (non-hydrogen) atoms. The minimum atomic E-state index is -0.220. The Labute approximate surface area is 100 Å². The van der Waals surface area contributed by atoms with Crippen LogP contribution in [0.25, 0.3) is 0 Å². The van der Waals surface area contributed by atoms with Gasteiger partial charge in [-0.3, -0.25) is 9.59 Å². The summed E-state index contributed by atoms with van der Waals surface area (Å²) in [5, 5.41) is 0. The summed E-state index contributed by atoms with van der Waals surface area (Å²) in [6, 6.07) is 1.77. The molecule has 92 valence electrons. The molecule has 5 heteroatoms. The molecule has 1 aliphatic heterocycles. The molecule has 1 N–H and O–H groups in total. The van der Waals surface area contributed by atoms with E-state index < -0.39 is 0 Å². The minimum absolute atomic E-state index is 0.170. The molecule has 1 saturated heterocycles. The molecular weight excluding hydrogens is 218 g/mol. The molecule has 0 aromatic carbocycles. The SMILES string of the molecule is CN(C)C1CCN(C(=O)c2c[nH]ccc2=O)C1. The summed E-state index contributed by atoms with van der Waals surface area (Å²) >= 11 is 0. The molecule has 2 rings (SSSR count). The first-order valence-corrected chi connectivity index (χ1v) is 5.72. The van der Waals surface area contributed by atoms with E-state index in [-0.39, 0.29) is 16.9 Å². The van der Waals surface area contributed by atoms with Crippen molar-refractivity contribution in [2.75, 3.05) is 27.2 Å². The van der Waals surface area contributed by atoms with Crippen LogP contribution >= 0.6 is 0 Å². The molecule has 1 atom stereocenters. The number of aromatic amines is 1. The van der Waals surface area contributed by atoms with Gasteiger partial charge in [0.15, 0.2) is 5.43 Å². The number of H-pyrrole nitrogens is 1. The number of rotatable bonds is 2. The van der Waals surface area contributed by atoms with Crippen LogP contribution < -0.4 is 5.43 Å². The van der Waals surface area contributed by atoms with E-state index in [4.69, 9.17) is 0 Å². The number of nitrogens with zero attached hydrogens (tertiary/aromatic N) is 2. The molecule has 1 fully saturated rings. The van der Waals surface area contributed by atoms with Gasteiger partial charge in [-0.15, -0.1) is 0 Å². The van der Waals surface area contributed by atoms with Crippen LogP contribution in [-0.2, 0) is 0 Å². The number of carbonyl (C=O) groups excluding carboxylic acids is 1. The fourth-order valence-corrected chi connectivity index (χ4v) is 2.10. The standard InChI is InChI=1S/C12H17N3O2/c1-14(2)9-4-6-15(8-9)12(17)10-7-13-5-3-11(10)16/h3,5,7,9H,4,6,8H2,1-2H3,(H,13,16). The monoisotopic (exact) mass is 235 g/mol. The summed E-state index contributed by atoms with van der Waals surface area (Å²) in [5.41, 5.74) is 0.00830. The highest BCUT2D eigenvalue weighted by Gasteiger charge is 2.28. The zero-order chi connectivity index (χ0) is 12.4. The average molecular weight is 235 g/mol. The van der Waals surface area contributed by atoms with Crippen LogP contribution in [-0.4, -0.2) is 53.9 Å². The lowest BCUT2D eigenvalue weighted by Crippen LogP contribution is -2.36. The molecule has 1 aromatic rings. The third kappa shape index (κ3) is 2.39. The molecule has 2 heterocycles. The molecule has 0 radical (unpaired) electrons. The highest BCUT2D eigenvalue weighted by molar-refractivity contribution is 5.94. The van der Waals surface area contributed by atoms with Crippen molar-refractivity contribution in [3.8, 4) is 0 Å². The fraction of sp³-hybridized carbons (Fsp3) is 0.500. The highest BCUT2D eigenvalue weighted by atomic mass is 16.2. The predicted octanol–water partition coefficient (Wildman–Crippen LogP) is 0.151. The Morgan fingerprint density at radius 3 is 2.88 bits per heavy atom. The molecule has 0 spiro atoms. The van der Waals surface area contributed by atoms with Crippen LogP contribution in [0.5, 0.6) is 0 Å². The lowest BCUT2D eigenvalue weighted by molar-refractivity contribution is 0.0781. The van der Waals surface area contributed by atoms with Crippen LogP contribution in [0.4, 0.5) is 0 Å². The van der Waals surface area contributed by atoms with Gasteiger partial charge in [-0.1, -0.05) is 0 Å². The number of likely N-dealkylation sites (N-methyl/N-ethyl adjacent to an activating group) is 1. The van der Waals surface area contributed by atoms with E-state index >= 15 is 0 Å². The number of likely N-dealkylation sites (tertiary alicyclic amines) is 1. The van der Waals surface area contributed by atoms with E-state index in [1.165, 1.54) is 18.5 Å². The van der Waals surface area contributed by atoms with Crippen molar-refractivity contribution < 1.29 is 4.79 Å². The normalized spacial score (nSPS) is 19.9. The first kappa shape index (κ1) is 11.9. The number of aromatic nitrogens is 1. The van der Waals surface area contributed by atoms with E-state index in [0.717, 1.165) is 13.0 Å². The molecule has 1 aromatic heterocycles. The average Bonchev–Trinajstić information content (AvgIpc) is 2.78. The van der Waals surface area contributed by atoms with Gasteiger partial charge in [-0.2, -0.15) is 0 Å². The number of pyridine rings is 1. The van der Waals surface area contributed by atoms with Crippen LogP contribution in [0.2, 0.25) is 0 Å². The first-order valence-electron chi connectivity index (χ1n) is 5.72. The molecule has 1 unspecified atom stereocenters. The molecule has 0 bridgehead atoms. The molecule has 0 aliphatic carbocycles. The summed E-state index contributed by atoms with van der Waals surface area (Å²) in [5.74, 6) is -0.170. The number of hydrogen-bond acceptors (Lipinski definition) is 3. The third-order valence-corrected chi connectivity index (χ3v) is 3.24. The second kappa shape index (κ2) is 4.71. The van der Waals surface area contributed by atoms with E-state index in [1.54, 1.807) is 4.90 Å². The Kier molecular flexibility index (Phi) is 3.28. The highest BCUT2D eigenvalue weighted by Crippen LogP contribution is 2.14. The minimum Gasteiger partial charge on any atom is -0.367 e. The van der Waals surface area contributed by atoms with Gasteiger partial charge in [0.2, 0.25) is 0 Å². The van der Waals surface area contributed by atoms with E-state index in [2.05, 4.69) is 9.88 Å². The fourth-order valence-electron chi connectivity index (χ4n) is 2.10. The maximum Gasteiger partial charge on any atom is 0.259 e. The molecular formula is C12H17N3O2. The van der Waals surface area contributed by atoms with Crippen LogP contribution in [0.1, 0.15) is 16.8 Å². The van der Waals surface area contributed by atoms with Gasteiger partial charge in [0, 0.05) is 37.6 Å². The topological polar surface area (TPSA) is 56.4 Å². The van der Waals surface area contributed by atoms with E-state index in [9.17, 15) is 9.59 Å². The number of amides is 1. The van der Waals surface area contributed by atoms with Crippen LogP contribution in [0.15, 0.2) is 23.3 Å². The quantitative estimate of drug-likeness (QED) is 0.794. The zero-order valence-electron chi connectivity index (χ0n) is 10.1. The molecule has 1 aliphatic rings. The van der Waals surface area contributed by atoms with Gasteiger partial charge in [0.05, 0.1) is 0 Å². The molecule has 0 saturated carbocycles. The van der Waals surface area contributed by atoms with Crippen molar-refractivity contribution >= 4 is 5.91 Å². The predicted molar refractivity (Wildman–Crippen MR) is 65.1 cm³/mol. The summed E-state index contributed by atoms with van der Waals surface area (Å²) in [6.07, 6.45) is 3.98.